The molecule has 1 atom stereocenters. The summed E-state index contributed by atoms with van der Waals surface area (Å²) in [6.45, 7) is 3.57. The number of hydrogen-bond acceptors (Lipinski definition) is 1. The first-order chi connectivity index (χ1) is 7.25. The van der Waals surface area contributed by atoms with Gasteiger partial charge in [-0.1, -0.05) is 32.0 Å². The predicted molar refractivity (Wildman–Crippen MR) is 56.8 cm³/mol. The highest BCUT2D eigenvalue weighted by Gasteiger charge is 2.41. The van der Waals surface area contributed by atoms with Crippen LogP contribution in [0.2, 0.25) is 0 Å². The summed E-state index contributed by atoms with van der Waals surface area (Å²) in [7, 11) is 0. The highest BCUT2D eigenvalue weighted by atomic mass is 35.5. The fourth-order valence-electron chi connectivity index (χ4n) is 1.43. The molecule has 0 aromatic heterocycles. The third-order valence-electron chi connectivity index (χ3n) is 2.28. The van der Waals surface area contributed by atoms with E-state index in [4.69, 9.17) is 11.6 Å². The lowest BCUT2D eigenvalue weighted by molar-refractivity contribution is -0.132. The molecule has 1 nitrogen and oxygen atoms in total. The molecule has 90 valence electrons. The molecule has 1 aromatic rings. The van der Waals surface area contributed by atoms with Crippen molar-refractivity contribution in [2.75, 3.05) is 0 Å². The molecule has 0 bridgehead atoms. The number of para-hydroxylation sites is 1. The van der Waals surface area contributed by atoms with Gasteiger partial charge in [-0.25, -0.2) is 0 Å². The number of benzene rings is 1. The molecule has 0 aliphatic heterocycles. The van der Waals surface area contributed by atoms with Gasteiger partial charge in [0.2, 0.25) is 0 Å². The first-order valence-corrected chi connectivity index (χ1v) is 5.21. The highest BCUT2D eigenvalue weighted by Crippen LogP contribution is 2.43. The van der Waals surface area contributed by atoms with E-state index < -0.39 is 11.6 Å². The van der Waals surface area contributed by atoms with Crippen LogP contribution in [-0.4, -0.2) is 11.3 Å². The number of hydrogen-bond donors (Lipinski definition) is 1. The smallest absolute Gasteiger partial charge is 0.409 e. The Kier molecular flexibility index (Phi) is 3.73. The fraction of sp³-hybridized carbons (Fsp3) is 0.455. The summed E-state index contributed by atoms with van der Waals surface area (Å²) < 4.78 is 37.2. The van der Waals surface area contributed by atoms with Crippen molar-refractivity contribution in [1.82, 2.24) is 0 Å². The van der Waals surface area contributed by atoms with Crippen molar-refractivity contribution >= 4 is 11.6 Å². The summed E-state index contributed by atoms with van der Waals surface area (Å²) in [6.07, 6.45) is -4.56. The molecule has 0 saturated carbocycles. The summed E-state index contributed by atoms with van der Waals surface area (Å²) in [5.74, 6) is -0.424. The van der Waals surface area contributed by atoms with E-state index in [1.165, 1.54) is 12.1 Å². The van der Waals surface area contributed by atoms with Crippen LogP contribution in [0.25, 0.3) is 0 Å². The van der Waals surface area contributed by atoms with Gasteiger partial charge in [0.15, 0.2) is 5.38 Å². The molecule has 0 aliphatic carbocycles. The molecule has 1 N–H and O–H groups in total. The zero-order valence-electron chi connectivity index (χ0n) is 8.85. The second-order valence-corrected chi connectivity index (χ2v) is 4.28. The van der Waals surface area contributed by atoms with Gasteiger partial charge in [-0.3, -0.25) is 0 Å². The molecule has 1 rings (SSSR count). The van der Waals surface area contributed by atoms with Gasteiger partial charge in [0.25, 0.3) is 0 Å². The third kappa shape index (κ3) is 2.61. The average Bonchev–Trinajstić information content (AvgIpc) is 2.15. The number of phenolic OH excluding ortho intramolecular Hbond substituents is 1. The molecule has 16 heavy (non-hydrogen) atoms. The lowest BCUT2D eigenvalue weighted by atomic mass is 9.97. The first-order valence-electron chi connectivity index (χ1n) is 4.77. The average molecular weight is 253 g/mol. The van der Waals surface area contributed by atoms with E-state index in [0.717, 1.165) is 0 Å². The molecule has 1 unspecified atom stereocenters. The highest BCUT2D eigenvalue weighted by molar-refractivity contribution is 6.21. The van der Waals surface area contributed by atoms with E-state index >= 15 is 0 Å². The van der Waals surface area contributed by atoms with Gasteiger partial charge in [0.1, 0.15) is 5.75 Å². The van der Waals surface area contributed by atoms with Crippen LogP contribution < -0.4 is 0 Å². The van der Waals surface area contributed by atoms with E-state index in [1.807, 2.05) is 0 Å². The molecule has 0 fully saturated rings. The van der Waals surface area contributed by atoms with Gasteiger partial charge in [0, 0.05) is 5.56 Å². The Labute approximate surface area is 96.9 Å². The fourth-order valence-corrected chi connectivity index (χ4v) is 1.60. The topological polar surface area (TPSA) is 20.2 Å². The lowest BCUT2D eigenvalue weighted by Crippen LogP contribution is -2.16. The Balaban J connectivity index is 3.21. The Hall–Kier alpha value is -0.900. The van der Waals surface area contributed by atoms with Gasteiger partial charge >= 0.3 is 6.18 Å². The van der Waals surface area contributed by atoms with Crippen molar-refractivity contribution in [2.24, 2.45) is 0 Å². The van der Waals surface area contributed by atoms with E-state index in [-0.39, 0.29) is 17.2 Å². The Morgan fingerprint density at radius 3 is 2.12 bits per heavy atom. The molecule has 0 heterocycles. The largest absolute Gasteiger partial charge is 0.507 e. The van der Waals surface area contributed by atoms with Crippen LogP contribution in [0.5, 0.6) is 5.75 Å². The maximum atomic E-state index is 12.4. The number of halogens is 4. The van der Waals surface area contributed by atoms with Crippen LogP contribution in [0.4, 0.5) is 13.2 Å². The van der Waals surface area contributed by atoms with Crippen LogP contribution in [0.15, 0.2) is 18.2 Å². The molecule has 1 aromatic carbocycles. The summed E-state index contributed by atoms with van der Waals surface area (Å²) in [5.41, 5.74) is 0.174. The summed E-state index contributed by atoms with van der Waals surface area (Å²) in [6, 6.07) is 4.24. The molecule has 0 spiro atoms. The quantitative estimate of drug-likeness (QED) is 0.776. The minimum Gasteiger partial charge on any atom is -0.507 e. The molecule has 0 amide bonds. The van der Waals surface area contributed by atoms with Crippen molar-refractivity contribution in [3.63, 3.8) is 0 Å². The molecule has 5 heteroatoms. The van der Waals surface area contributed by atoms with E-state index in [2.05, 4.69) is 0 Å². The van der Waals surface area contributed by atoms with Crippen molar-refractivity contribution in [3.05, 3.63) is 29.3 Å². The van der Waals surface area contributed by atoms with Gasteiger partial charge in [-0.05, 0) is 11.5 Å². The molecular formula is C11H12ClF3O. The van der Waals surface area contributed by atoms with Crippen LogP contribution in [-0.2, 0) is 0 Å². The molecule has 0 radical (unpaired) electrons. The normalized spacial score (nSPS) is 14.2. The summed E-state index contributed by atoms with van der Waals surface area (Å²) in [5, 5.41) is 7.53. The van der Waals surface area contributed by atoms with Gasteiger partial charge in [-0.2, -0.15) is 13.2 Å². The van der Waals surface area contributed by atoms with Crippen LogP contribution in [0.3, 0.4) is 0 Å². The Bertz CT molecular complexity index is 374. The second kappa shape index (κ2) is 4.53. The van der Waals surface area contributed by atoms with Crippen LogP contribution >= 0.6 is 11.6 Å². The lowest BCUT2D eigenvalue weighted by Gasteiger charge is -2.18. The molecule has 0 saturated heterocycles. The second-order valence-electron chi connectivity index (χ2n) is 3.84. The molecular weight excluding hydrogens is 241 g/mol. The van der Waals surface area contributed by atoms with E-state index in [1.54, 1.807) is 19.9 Å². The zero-order valence-corrected chi connectivity index (χ0v) is 9.60. The number of aromatic hydroxyl groups is 1. The molecule has 0 aliphatic rings. The SMILES string of the molecule is CC(C)c1cccc(C(Cl)C(F)(F)F)c1O. The number of rotatable bonds is 2. The zero-order chi connectivity index (χ0) is 12.5. The predicted octanol–water partition coefficient (Wildman–Crippen LogP) is 4.36. The van der Waals surface area contributed by atoms with Crippen LogP contribution in [0, 0.1) is 0 Å². The van der Waals surface area contributed by atoms with Crippen molar-refractivity contribution in [2.45, 2.75) is 31.3 Å². The number of phenols is 1. The van der Waals surface area contributed by atoms with Crippen LogP contribution in [0.1, 0.15) is 36.3 Å². The van der Waals surface area contributed by atoms with Crippen molar-refractivity contribution < 1.29 is 18.3 Å². The Morgan fingerprint density at radius 2 is 1.69 bits per heavy atom. The van der Waals surface area contributed by atoms with Gasteiger partial charge in [-0.15, -0.1) is 11.6 Å². The monoisotopic (exact) mass is 252 g/mol. The number of alkyl halides is 4. The third-order valence-corrected chi connectivity index (χ3v) is 2.76. The maximum Gasteiger partial charge on any atom is 0.409 e. The maximum absolute atomic E-state index is 12.4. The van der Waals surface area contributed by atoms with Gasteiger partial charge < -0.3 is 5.11 Å². The first kappa shape index (κ1) is 13.2. The summed E-state index contributed by atoms with van der Waals surface area (Å²) >= 11 is 5.28. The van der Waals surface area contributed by atoms with E-state index in [0.29, 0.717) is 5.56 Å². The standard InChI is InChI=1S/C11H12ClF3O/c1-6(2)7-4-3-5-8(9(7)16)10(12)11(13,14)15/h3-6,10,16H,1-2H3. The minimum absolute atomic E-state index is 0.0583. The van der Waals surface area contributed by atoms with Gasteiger partial charge in [0.05, 0.1) is 0 Å². The minimum atomic E-state index is -4.56. The summed E-state index contributed by atoms with van der Waals surface area (Å²) in [4.78, 5) is 0. The van der Waals surface area contributed by atoms with Crippen molar-refractivity contribution in [3.8, 4) is 5.75 Å². The van der Waals surface area contributed by atoms with E-state index in [9.17, 15) is 18.3 Å². The Morgan fingerprint density at radius 1 is 1.19 bits per heavy atom. The van der Waals surface area contributed by atoms with Crippen molar-refractivity contribution in [1.29, 1.82) is 0 Å².